The maximum absolute atomic E-state index is 11.6. The van der Waals surface area contributed by atoms with Crippen molar-refractivity contribution >= 4 is 23.4 Å². The number of halogens is 1. The number of carbonyl (C=O) groups is 1. The molecule has 0 bridgehead atoms. The molecule has 0 saturated heterocycles. The minimum absolute atomic E-state index is 0.182. The normalized spacial score (nSPS) is 22.3. The van der Waals surface area contributed by atoms with Gasteiger partial charge < -0.3 is 9.84 Å². The molecule has 2 N–H and O–H groups in total. The molecule has 0 radical (unpaired) electrons. The summed E-state index contributed by atoms with van der Waals surface area (Å²) >= 11 is 5.96. The molecule has 2 rings (SSSR count). The van der Waals surface area contributed by atoms with Crippen LogP contribution in [0.1, 0.15) is 6.92 Å². The molecule has 18 heavy (non-hydrogen) atoms. The number of nitrogens with zero attached hydrogens (tertiary/aromatic N) is 2. The van der Waals surface area contributed by atoms with E-state index >= 15 is 0 Å². The van der Waals surface area contributed by atoms with E-state index < -0.39 is 11.7 Å². The summed E-state index contributed by atoms with van der Waals surface area (Å²) in [4.78, 5) is 15.6. The lowest BCUT2D eigenvalue weighted by atomic mass is 10.2. The predicted molar refractivity (Wildman–Crippen MR) is 65.6 cm³/mol. The Morgan fingerprint density at radius 2 is 2.50 bits per heavy atom. The van der Waals surface area contributed by atoms with E-state index in [0.717, 1.165) is 0 Å². The molecule has 1 aromatic heterocycles. The Hall–Kier alpha value is -1.63. The van der Waals surface area contributed by atoms with Crippen LogP contribution >= 0.6 is 11.6 Å². The molecule has 0 aliphatic carbocycles. The Morgan fingerprint density at radius 3 is 3.17 bits per heavy atom. The Kier molecular flexibility index (Phi) is 3.51. The molecule has 2 heterocycles. The molecule has 6 nitrogen and oxygen atoms in total. The summed E-state index contributed by atoms with van der Waals surface area (Å²) in [7, 11) is 0. The standard InChI is InChI=1S/C11H12ClN3O3/c1-2-18-10(16)11(17)5-7-15(14-11)9-8(12)4-3-6-13-9/h3-7,14,17H,2H2,1H3. The van der Waals surface area contributed by atoms with Crippen molar-refractivity contribution in [3.05, 3.63) is 35.6 Å². The fourth-order valence-electron chi connectivity index (χ4n) is 1.47. The number of pyridine rings is 1. The van der Waals surface area contributed by atoms with E-state index in [4.69, 9.17) is 16.3 Å². The van der Waals surface area contributed by atoms with Gasteiger partial charge in [0, 0.05) is 12.4 Å². The zero-order valence-corrected chi connectivity index (χ0v) is 10.4. The van der Waals surface area contributed by atoms with Crippen molar-refractivity contribution in [3.8, 4) is 0 Å². The molecular weight excluding hydrogens is 258 g/mol. The molecule has 1 aromatic rings. The van der Waals surface area contributed by atoms with Gasteiger partial charge in [-0.15, -0.1) is 0 Å². The zero-order valence-electron chi connectivity index (χ0n) is 9.63. The maximum atomic E-state index is 11.6. The molecule has 1 aliphatic heterocycles. The monoisotopic (exact) mass is 269 g/mol. The van der Waals surface area contributed by atoms with Crippen LogP contribution in [0, 0.1) is 0 Å². The molecule has 0 fully saturated rings. The first kappa shape index (κ1) is 12.8. The van der Waals surface area contributed by atoms with Gasteiger partial charge in [-0.1, -0.05) is 11.6 Å². The van der Waals surface area contributed by atoms with Gasteiger partial charge in [-0.3, -0.25) is 5.01 Å². The van der Waals surface area contributed by atoms with Gasteiger partial charge in [-0.05, 0) is 25.1 Å². The molecule has 1 unspecified atom stereocenters. The van der Waals surface area contributed by atoms with E-state index in [2.05, 4.69) is 10.4 Å². The first-order valence-corrected chi connectivity index (χ1v) is 5.71. The second-order valence-electron chi connectivity index (χ2n) is 3.59. The largest absolute Gasteiger partial charge is 0.463 e. The third-order valence-corrected chi connectivity index (χ3v) is 2.60. The molecule has 1 aliphatic rings. The summed E-state index contributed by atoms with van der Waals surface area (Å²) in [5, 5.41) is 11.8. The molecule has 96 valence electrons. The van der Waals surface area contributed by atoms with Gasteiger partial charge in [0.2, 0.25) is 0 Å². The van der Waals surface area contributed by atoms with E-state index in [1.165, 1.54) is 17.3 Å². The first-order valence-electron chi connectivity index (χ1n) is 5.33. The van der Waals surface area contributed by atoms with Crippen molar-refractivity contribution in [1.29, 1.82) is 0 Å². The smallest absolute Gasteiger partial charge is 0.359 e. The summed E-state index contributed by atoms with van der Waals surface area (Å²) in [6.45, 7) is 1.84. The van der Waals surface area contributed by atoms with Crippen LogP contribution in [0.2, 0.25) is 5.02 Å². The molecule has 0 spiro atoms. The van der Waals surface area contributed by atoms with Gasteiger partial charge in [0.25, 0.3) is 5.72 Å². The Balaban J connectivity index is 2.17. The van der Waals surface area contributed by atoms with E-state index in [9.17, 15) is 9.90 Å². The maximum Gasteiger partial charge on any atom is 0.359 e. The van der Waals surface area contributed by atoms with Crippen LogP contribution in [0.15, 0.2) is 30.6 Å². The van der Waals surface area contributed by atoms with Crippen molar-refractivity contribution < 1.29 is 14.6 Å². The van der Waals surface area contributed by atoms with Crippen LogP contribution in [-0.4, -0.2) is 28.4 Å². The molecule has 7 heteroatoms. The van der Waals surface area contributed by atoms with Crippen LogP contribution in [0.3, 0.4) is 0 Å². The van der Waals surface area contributed by atoms with Gasteiger partial charge in [0.05, 0.1) is 11.6 Å². The van der Waals surface area contributed by atoms with Crippen LogP contribution in [0.4, 0.5) is 5.82 Å². The highest BCUT2D eigenvalue weighted by molar-refractivity contribution is 6.32. The van der Waals surface area contributed by atoms with Crippen molar-refractivity contribution in [3.63, 3.8) is 0 Å². The number of hydrazine groups is 1. The molecule has 0 saturated carbocycles. The van der Waals surface area contributed by atoms with Crippen molar-refractivity contribution in [1.82, 2.24) is 10.4 Å². The number of rotatable bonds is 3. The fraction of sp³-hybridized carbons (Fsp3) is 0.273. The number of hydrogen-bond donors (Lipinski definition) is 2. The summed E-state index contributed by atoms with van der Waals surface area (Å²) in [6.07, 6.45) is 4.29. The van der Waals surface area contributed by atoms with Gasteiger partial charge in [0.15, 0.2) is 5.82 Å². The highest BCUT2D eigenvalue weighted by Gasteiger charge is 2.41. The van der Waals surface area contributed by atoms with E-state index in [-0.39, 0.29) is 6.61 Å². The van der Waals surface area contributed by atoms with E-state index in [0.29, 0.717) is 10.8 Å². The number of carbonyl (C=O) groups excluding carboxylic acids is 1. The van der Waals surface area contributed by atoms with Crippen LogP contribution in [-0.2, 0) is 9.53 Å². The van der Waals surface area contributed by atoms with Crippen LogP contribution in [0.25, 0.3) is 0 Å². The number of aliphatic hydroxyl groups is 1. The summed E-state index contributed by atoms with van der Waals surface area (Å²) in [5.41, 5.74) is 0.673. The second kappa shape index (κ2) is 4.93. The Labute approximate surface area is 109 Å². The summed E-state index contributed by atoms with van der Waals surface area (Å²) in [6, 6.07) is 3.34. The zero-order chi connectivity index (χ0) is 13.2. The molecule has 1 atom stereocenters. The van der Waals surface area contributed by atoms with Gasteiger partial charge in [-0.25, -0.2) is 9.78 Å². The predicted octanol–water partition coefficient (Wildman–Crippen LogP) is 0.825. The molecule has 0 aromatic carbocycles. The quantitative estimate of drug-likeness (QED) is 0.792. The van der Waals surface area contributed by atoms with Crippen LogP contribution < -0.4 is 10.4 Å². The third-order valence-electron chi connectivity index (χ3n) is 2.31. The number of ether oxygens (including phenoxy) is 1. The van der Waals surface area contributed by atoms with Crippen molar-refractivity contribution in [2.75, 3.05) is 11.6 Å². The average Bonchev–Trinajstić information content (AvgIpc) is 2.74. The Morgan fingerprint density at radius 1 is 1.72 bits per heavy atom. The fourth-order valence-corrected chi connectivity index (χ4v) is 1.69. The number of nitrogens with one attached hydrogen (secondary N) is 1. The van der Waals surface area contributed by atoms with Crippen molar-refractivity contribution in [2.45, 2.75) is 12.6 Å². The summed E-state index contributed by atoms with van der Waals surface area (Å²) in [5.74, 6) is -0.397. The minimum Gasteiger partial charge on any atom is -0.463 e. The highest BCUT2D eigenvalue weighted by atomic mass is 35.5. The van der Waals surface area contributed by atoms with Crippen molar-refractivity contribution in [2.24, 2.45) is 0 Å². The number of esters is 1. The lowest BCUT2D eigenvalue weighted by Crippen LogP contribution is -2.53. The third kappa shape index (κ3) is 2.31. The van der Waals surface area contributed by atoms with Crippen LogP contribution in [0.5, 0.6) is 0 Å². The number of anilines is 1. The van der Waals surface area contributed by atoms with Gasteiger partial charge in [0.1, 0.15) is 0 Å². The van der Waals surface area contributed by atoms with E-state index in [1.807, 2.05) is 0 Å². The van der Waals surface area contributed by atoms with E-state index in [1.54, 1.807) is 25.3 Å². The molecular formula is C11H12ClN3O3. The lowest BCUT2D eigenvalue weighted by molar-refractivity contribution is -0.162. The SMILES string of the molecule is CCOC(=O)C1(O)C=CN(c2ncccc2Cl)N1. The topological polar surface area (TPSA) is 74.7 Å². The van der Waals surface area contributed by atoms with Gasteiger partial charge >= 0.3 is 5.97 Å². The summed E-state index contributed by atoms with van der Waals surface area (Å²) < 4.78 is 4.76. The first-order chi connectivity index (χ1) is 8.57. The number of hydrogen-bond acceptors (Lipinski definition) is 6. The average molecular weight is 270 g/mol. The van der Waals surface area contributed by atoms with Gasteiger partial charge in [-0.2, -0.15) is 5.43 Å². The second-order valence-corrected chi connectivity index (χ2v) is 4.00. The Bertz CT molecular complexity index is 494. The lowest BCUT2D eigenvalue weighted by Gasteiger charge is -2.24. The highest BCUT2D eigenvalue weighted by Crippen LogP contribution is 2.25. The minimum atomic E-state index is -1.89. The molecule has 0 amide bonds. The number of aromatic nitrogens is 1.